The fraction of sp³-hybridized carbons (Fsp3) is 0.250. The Morgan fingerprint density at radius 1 is 0.647 bits per heavy atom. The van der Waals surface area contributed by atoms with Gasteiger partial charge in [-0.3, -0.25) is 0 Å². The summed E-state index contributed by atoms with van der Waals surface area (Å²) in [7, 11) is 0. The Labute approximate surface area is 120 Å². The molecule has 0 spiro atoms. The molecule has 0 nitrogen and oxygen atoms in total. The first-order chi connectivity index (χ1) is 7.61. The smallest absolute Gasteiger partial charge is 0.184 e. The van der Waals surface area contributed by atoms with Crippen LogP contribution >= 0.6 is 0 Å². The van der Waals surface area contributed by atoms with Crippen molar-refractivity contribution in [3.63, 3.8) is 0 Å². The monoisotopic (exact) mass is 258 g/mol. The molecule has 1 heteroatoms. The predicted octanol–water partition coefficient (Wildman–Crippen LogP) is 4.20. The zero-order valence-electron chi connectivity index (χ0n) is 11.0. The van der Waals surface area contributed by atoms with E-state index in [1.807, 2.05) is 24.3 Å². The summed E-state index contributed by atoms with van der Waals surface area (Å²) in [6.45, 7) is 8.38. The molecule has 0 atom stereocenters. The van der Waals surface area contributed by atoms with E-state index in [0.717, 1.165) is 0 Å². The third-order valence-corrected chi connectivity index (χ3v) is 2.70. The molecule has 0 amide bonds. The van der Waals surface area contributed by atoms with Gasteiger partial charge in [-0.25, -0.2) is 0 Å². The van der Waals surface area contributed by atoms with Crippen LogP contribution in [0.25, 0.3) is 0 Å². The summed E-state index contributed by atoms with van der Waals surface area (Å²) in [6, 6.07) is 18.0. The quantitative estimate of drug-likeness (QED) is 0.490. The van der Waals surface area contributed by atoms with Crippen LogP contribution in [0.2, 0.25) is 0 Å². The van der Waals surface area contributed by atoms with Gasteiger partial charge in [-0.1, -0.05) is 27.7 Å². The molecule has 2 rings (SSSR count). The fourth-order valence-corrected chi connectivity index (χ4v) is 1.18. The summed E-state index contributed by atoms with van der Waals surface area (Å²) in [4.78, 5) is 0. The van der Waals surface area contributed by atoms with Gasteiger partial charge in [0.2, 0.25) is 0 Å². The zero-order chi connectivity index (χ0) is 12.0. The van der Waals surface area contributed by atoms with Crippen LogP contribution in [0, 0.1) is 39.8 Å². The molecule has 0 aliphatic carbocycles. The summed E-state index contributed by atoms with van der Waals surface area (Å²) >= 11 is 0. The van der Waals surface area contributed by atoms with Crippen LogP contribution in [0.5, 0.6) is 0 Å². The maximum Gasteiger partial charge on any atom is 2.00 e. The summed E-state index contributed by atoms with van der Waals surface area (Å²) in [5.74, 6) is 0. The Morgan fingerprint density at radius 2 is 1.00 bits per heavy atom. The van der Waals surface area contributed by atoms with E-state index in [0.29, 0.717) is 0 Å². The molecule has 0 aliphatic rings. The van der Waals surface area contributed by atoms with Crippen molar-refractivity contribution in [2.24, 2.45) is 0 Å². The van der Waals surface area contributed by atoms with Gasteiger partial charge >= 0.3 is 21.7 Å². The minimum atomic E-state index is 0. The molecule has 0 radical (unpaired) electrons. The minimum Gasteiger partial charge on any atom is -0.184 e. The molecule has 86 valence electrons. The topological polar surface area (TPSA) is 0 Å². The molecule has 17 heavy (non-hydrogen) atoms. The van der Waals surface area contributed by atoms with E-state index in [9.17, 15) is 0 Å². The first-order valence-electron chi connectivity index (χ1n) is 5.48. The summed E-state index contributed by atoms with van der Waals surface area (Å²) in [5.41, 5.74) is 5.30. The second-order valence-corrected chi connectivity index (χ2v) is 4.02. The molecule has 0 aromatic heterocycles. The van der Waals surface area contributed by atoms with Crippen molar-refractivity contribution in [3.05, 3.63) is 70.8 Å². The Bertz CT molecular complexity index is 361. The van der Waals surface area contributed by atoms with E-state index in [1.54, 1.807) is 0 Å². The largest absolute Gasteiger partial charge is 2.00 e. The van der Waals surface area contributed by atoms with E-state index in [-0.39, 0.29) is 21.7 Å². The van der Waals surface area contributed by atoms with Crippen LogP contribution in [0.3, 0.4) is 0 Å². The van der Waals surface area contributed by atoms with E-state index >= 15 is 0 Å². The minimum absolute atomic E-state index is 0. The SMILES string of the molecule is Cc1c[c-]ccc1C.Cc1c[c-]ccc1C.[Ti+2]. The third kappa shape index (κ3) is 5.86. The summed E-state index contributed by atoms with van der Waals surface area (Å²) < 4.78 is 0. The Kier molecular flexibility index (Phi) is 7.86. The second kappa shape index (κ2) is 8.28. The number of aryl methyl sites for hydroxylation is 4. The van der Waals surface area contributed by atoms with E-state index < -0.39 is 0 Å². The van der Waals surface area contributed by atoms with Crippen molar-refractivity contribution in [3.8, 4) is 0 Å². The number of rotatable bonds is 0. The van der Waals surface area contributed by atoms with Gasteiger partial charge in [0, 0.05) is 0 Å². The van der Waals surface area contributed by atoms with Crippen LogP contribution in [0.4, 0.5) is 0 Å². The third-order valence-electron chi connectivity index (χ3n) is 2.70. The average molecular weight is 258 g/mol. The van der Waals surface area contributed by atoms with Crippen LogP contribution in [0.15, 0.2) is 36.4 Å². The molecule has 0 saturated carbocycles. The Balaban J connectivity index is 0.000000284. The van der Waals surface area contributed by atoms with Gasteiger partial charge in [-0.05, 0) is 0 Å². The number of benzene rings is 2. The maximum absolute atomic E-state index is 3.00. The second-order valence-electron chi connectivity index (χ2n) is 4.02. The molecule has 0 saturated heterocycles. The van der Waals surface area contributed by atoms with E-state index in [2.05, 4.69) is 52.0 Å². The molecule has 0 heterocycles. The maximum atomic E-state index is 3.00. The van der Waals surface area contributed by atoms with Crippen molar-refractivity contribution in [1.82, 2.24) is 0 Å². The molecular weight excluding hydrogens is 240 g/mol. The number of hydrogen-bond acceptors (Lipinski definition) is 0. The van der Waals surface area contributed by atoms with Gasteiger partial charge in [0.25, 0.3) is 0 Å². The van der Waals surface area contributed by atoms with Gasteiger partial charge < -0.3 is 0 Å². The molecule has 2 aromatic carbocycles. The summed E-state index contributed by atoms with van der Waals surface area (Å²) in [6.07, 6.45) is 0. The van der Waals surface area contributed by atoms with Crippen molar-refractivity contribution >= 4 is 0 Å². The van der Waals surface area contributed by atoms with E-state index in [1.165, 1.54) is 22.3 Å². The summed E-state index contributed by atoms with van der Waals surface area (Å²) in [5, 5.41) is 0. The van der Waals surface area contributed by atoms with Crippen molar-refractivity contribution in [2.75, 3.05) is 0 Å². The standard InChI is InChI=1S/2C8H9.Ti/c2*1-7-5-3-4-6-8(7)2;/h2*3,5-6H,1-2H3;/q2*-1;+2. The van der Waals surface area contributed by atoms with Crippen LogP contribution < -0.4 is 0 Å². The molecule has 0 aliphatic heterocycles. The van der Waals surface area contributed by atoms with E-state index in [4.69, 9.17) is 0 Å². The average Bonchev–Trinajstić information content (AvgIpc) is 2.28. The van der Waals surface area contributed by atoms with Crippen LogP contribution in [0.1, 0.15) is 22.3 Å². The van der Waals surface area contributed by atoms with Gasteiger partial charge in [0.1, 0.15) is 0 Å². The zero-order valence-corrected chi connectivity index (χ0v) is 12.5. The van der Waals surface area contributed by atoms with Crippen LogP contribution in [-0.4, -0.2) is 0 Å². The van der Waals surface area contributed by atoms with Gasteiger partial charge in [-0.2, -0.15) is 70.8 Å². The Morgan fingerprint density at radius 3 is 1.18 bits per heavy atom. The normalized spacial score (nSPS) is 8.71. The van der Waals surface area contributed by atoms with Crippen molar-refractivity contribution in [1.29, 1.82) is 0 Å². The van der Waals surface area contributed by atoms with Crippen LogP contribution in [-0.2, 0) is 21.7 Å². The van der Waals surface area contributed by atoms with Gasteiger partial charge in [-0.15, -0.1) is 0 Å². The number of hydrogen-bond donors (Lipinski definition) is 0. The fourth-order valence-electron chi connectivity index (χ4n) is 1.18. The Hall–Kier alpha value is -0.846. The molecule has 2 aromatic rings. The van der Waals surface area contributed by atoms with Gasteiger partial charge in [0.05, 0.1) is 0 Å². The molecule has 0 bridgehead atoms. The van der Waals surface area contributed by atoms with Gasteiger partial charge in [0.15, 0.2) is 0 Å². The first kappa shape index (κ1) is 16.2. The first-order valence-corrected chi connectivity index (χ1v) is 5.48. The molecular formula is C16H18Ti. The van der Waals surface area contributed by atoms with Crippen molar-refractivity contribution in [2.45, 2.75) is 27.7 Å². The van der Waals surface area contributed by atoms with Crippen molar-refractivity contribution < 1.29 is 21.7 Å². The predicted molar refractivity (Wildman–Crippen MR) is 69.5 cm³/mol. The molecule has 0 N–H and O–H groups in total. The molecule has 0 unspecified atom stereocenters. The molecule has 0 fully saturated rings.